The molecule has 0 bridgehead atoms. The van der Waals surface area contributed by atoms with Gasteiger partial charge in [0.15, 0.2) is 11.9 Å². The topological polar surface area (TPSA) is 47.3 Å². The van der Waals surface area contributed by atoms with Gasteiger partial charge >= 0.3 is 0 Å². The van der Waals surface area contributed by atoms with Gasteiger partial charge in [0, 0.05) is 10.9 Å². The predicted octanol–water partition coefficient (Wildman–Crippen LogP) is 2.90. The van der Waals surface area contributed by atoms with Crippen LogP contribution in [0.3, 0.4) is 0 Å². The second kappa shape index (κ2) is 4.93. The van der Waals surface area contributed by atoms with E-state index in [9.17, 15) is 4.79 Å². The molecule has 4 nitrogen and oxygen atoms in total. The molecule has 5 heteroatoms. The van der Waals surface area contributed by atoms with Crippen LogP contribution in [0.25, 0.3) is 5.65 Å². The quantitative estimate of drug-likeness (QED) is 0.698. The summed E-state index contributed by atoms with van der Waals surface area (Å²) >= 11 is 3.51. The molecule has 0 fully saturated rings. The molecule has 0 amide bonds. The highest BCUT2D eigenvalue weighted by molar-refractivity contribution is 9.10. The number of nitrogens with zero attached hydrogens (tertiary/aromatic N) is 3. The number of pyridine rings is 1. The molecule has 1 aromatic carbocycles. The lowest BCUT2D eigenvalue weighted by Crippen LogP contribution is -2.02. The SMILES string of the molecule is O=Cc1cccc2nnc(Cc3ccccc3Br)n12. The first-order chi connectivity index (χ1) is 9.29. The summed E-state index contributed by atoms with van der Waals surface area (Å²) in [5.74, 6) is 0.754. The third-order valence-electron chi connectivity index (χ3n) is 2.95. The minimum Gasteiger partial charge on any atom is -0.296 e. The van der Waals surface area contributed by atoms with Gasteiger partial charge in [-0.05, 0) is 23.8 Å². The number of fused-ring (bicyclic) bond motifs is 1. The largest absolute Gasteiger partial charge is 0.296 e. The molecular formula is C14H10BrN3O. The van der Waals surface area contributed by atoms with E-state index in [1.807, 2.05) is 30.3 Å². The van der Waals surface area contributed by atoms with Crippen LogP contribution in [-0.4, -0.2) is 20.9 Å². The Bertz CT molecular complexity index is 751. The van der Waals surface area contributed by atoms with Gasteiger partial charge in [-0.3, -0.25) is 9.20 Å². The van der Waals surface area contributed by atoms with Crippen LogP contribution in [0.15, 0.2) is 46.9 Å². The van der Waals surface area contributed by atoms with E-state index >= 15 is 0 Å². The molecule has 0 unspecified atom stereocenters. The van der Waals surface area contributed by atoms with Crippen LogP contribution in [0.5, 0.6) is 0 Å². The maximum atomic E-state index is 11.1. The Morgan fingerprint density at radius 1 is 1.11 bits per heavy atom. The molecule has 0 spiro atoms. The normalized spacial score (nSPS) is 10.8. The molecule has 3 aromatic rings. The smallest absolute Gasteiger partial charge is 0.166 e. The molecule has 0 atom stereocenters. The average Bonchev–Trinajstić information content (AvgIpc) is 2.85. The van der Waals surface area contributed by atoms with Crippen LogP contribution in [0.2, 0.25) is 0 Å². The molecule has 0 radical (unpaired) electrons. The zero-order valence-electron chi connectivity index (χ0n) is 9.95. The Labute approximate surface area is 118 Å². The first-order valence-electron chi connectivity index (χ1n) is 5.81. The standard InChI is InChI=1S/C14H10BrN3O/c15-12-6-2-1-4-10(12)8-14-17-16-13-7-3-5-11(9-19)18(13)14/h1-7,9H,8H2. The lowest BCUT2D eigenvalue weighted by atomic mass is 10.1. The molecule has 2 heterocycles. The highest BCUT2D eigenvalue weighted by atomic mass is 79.9. The maximum absolute atomic E-state index is 11.1. The van der Waals surface area contributed by atoms with Crippen LogP contribution in [-0.2, 0) is 6.42 Å². The zero-order valence-corrected chi connectivity index (χ0v) is 11.5. The molecule has 94 valence electrons. The summed E-state index contributed by atoms with van der Waals surface area (Å²) < 4.78 is 2.81. The van der Waals surface area contributed by atoms with Crippen molar-refractivity contribution in [1.82, 2.24) is 14.6 Å². The van der Waals surface area contributed by atoms with E-state index in [-0.39, 0.29) is 0 Å². The van der Waals surface area contributed by atoms with Gasteiger partial charge in [-0.25, -0.2) is 0 Å². The Kier molecular flexibility index (Phi) is 3.13. The van der Waals surface area contributed by atoms with E-state index in [1.165, 1.54) is 0 Å². The molecule has 0 aliphatic carbocycles. The first-order valence-corrected chi connectivity index (χ1v) is 6.60. The highest BCUT2D eigenvalue weighted by Crippen LogP contribution is 2.19. The number of hydrogen-bond donors (Lipinski definition) is 0. The molecule has 19 heavy (non-hydrogen) atoms. The Morgan fingerprint density at radius 3 is 2.74 bits per heavy atom. The monoisotopic (exact) mass is 315 g/mol. The number of carbonyl (C=O) groups excluding carboxylic acids is 1. The summed E-state index contributed by atoms with van der Waals surface area (Å²) in [4.78, 5) is 11.1. The predicted molar refractivity (Wildman–Crippen MR) is 75.3 cm³/mol. The third kappa shape index (κ3) is 2.17. The summed E-state index contributed by atoms with van der Waals surface area (Å²) in [5.41, 5.74) is 2.36. The second-order valence-corrected chi connectivity index (χ2v) is 5.00. The van der Waals surface area contributed by atoms with Gasteiger partial charge in [-0.1, -0.05) is 40.2 Å². The number of carbonyl (C=O) groups is 1. The van der Waals surface area contributed by atoms with Crippen molar-refractivity contribution in [2.24, 2.45) is 0 Å². The van der Waals surface area contributed by atoms with Crippen molar-refractivity contribution in [3.05, 3.63) is 64.0 Å². The molecule has 0 aliphatic heterocycles. The number of halogens is 1. The summed E-state index contributed by atoms with van der Waals surface area (Å²) in [6.45, 7) is 0. The van der Waals surface area contributed by atoms with Gasteiger partial charge in [0.05, 0.1) is 5.69 Å². The van der Waals surface area contributed by atoms with Crippen molar-refractivity contribution in [2.75, 3.05) is 0 Å². The number of benzene rings is 1. The third-order valence-corrected chi connectivity index (χ3v) is 3.73. The van der Waals surface area contributed by atoms with Gasteiger partial charge in [-0.2, -0.15) is 0 Å². The fraction of sp³-hybridized carbons (Fsp3) is 0.0714. The average molecular weight is 316 g/mol. The molecular weight excluding hydrogens is 306 g/mol. The van der Waals surface area contributed by atoms with Crippen molar-refractivity contribution >= 4 is 27.9 Å². The number of rotatable bonds is 3. The lowest BCUT2D eigenvalue weighted by molar-refractivity contribution is 0.111. The van der Waals surface area contributed by atoms with Crippen molar-refractivity contribution < 1.29 is 4.79 Å². The van der Waals surface area contributed by atoms with E-state index in [2.05, 4.69) is 26.1 Å². The van der Waals surface area contributed by atoms with Crippen molar-refractivity contribution in [3.63, 3.8) is 0 Å². The van der Waals surface area contributed by atoms with E-state index in [0.29, 0.717) is 17.8 Å². The fourth-order valence-electron chi connectivity index (χ4n) is 2.05. The molecule has 0 aliphatic rings. The maximum Gasteiger partial charge on any atom is 0.166 e. The van der Waals surface area contributed by atoms with Crippen LogP contribution < -0.4 is 0 Å². The summed E-state index contributed by atoms with van der Waals surface area (Å²) in [6, 6.07) is 13.3. The Morgan fingerprint density at radius 2 is 1.95 bits per heavy atom. The number of hydrogen-bond acceptors (Lipinski definition) is 3. The van der Waals surface area contributed by atoms with Crippen LogP contribution in [0.1, 0.15) is 21.9 Å². The van der Waals surface area contributed by atoms with Gasteiger partial charge < -0.3 is 0 Å². The number of aldehydes is 1. The van der Waals surface area contributed by atoms with E-state index in [0.717, 1.165) is 22.1 Å². The van der Waals surface area contributed by atoms with Crippen LogP contribution in [0.4, 0.5) is 0 Å². The molecule has 0 saturated carbocycles. The lowest BCUT2D eigenvalue weighted by Gasteiger charge is -2.04. The summed E-state index contributed by atoms with van der Waals surface area (Å²) in [5, 5.41) is 8.27. The fourth-order valence-corrected chi connectivity index (χ4v) is 2.47. The Balaban J connectivity index is 2.11. The minimum absolute atomic E-state index is 0.560. The van der Waals surface area contributed by atoms with Gasteiger partial charge in [0.1, 0.15) is 5.82 Å². The van der Waals surface area contributed by atoms with E-state index in [4.69, 9.17) is 0 Å². The van der Waals surface area contributed by atoms with E-state index < -0.39 is 0 Å². The van der Waals surface area contributed by atoms with Crippen molar-refractivity contribution in [3.8, 4) is 0 Å². The molecule has 2 aromatic heterocycles. The number of aromatic nitrogens is 3. The van der Waals surface area contributed by atoms with Crippen molar-refractivity contribution in [1.29, 1.82) is 0 Å². The summed E-state index contributed by atoms with van der Waals surface area (Å²) in [6.07, 6.45) is 1.44. The van der Waals surface area contributed by atoms with Gasteiger partial charge in [0.25, 0.3) is 0 Å². The van der Waals surface area contributed by atoms with E-state index in [1.54, 1.807) is 16.5 Å². The van der Waals surface area contributed by atoms with Crippen LogP contribution >= 0.6 is 15.9 Å². The Hall–Kier alpha value is -2.01. The zero-order chi connectivity index (χ0) is 13.2. The van der Waals surface area contributed by atoms with Gasteiger partial charge in [0.2, 0.25) is 0 Å². The minimum atomic E-state index is 0.560. The molecule has 0 saturated heterocycles. The highest BCUT2D eigenvalue weighted by Gasteiger charge is 2.10. The first kappa shape index (κ1) is 12.0. The summed E-state index contributed by atoms with van der Waals surface area (Å²) in [7, 11) is 0. The molecule has 3 rings (SSSR count). The van der Waals surface area contributed by atoms with Gasteiger partial charge in [-0.15, -0.1) is 10.2 Å². The van der Waals surface area contributed by atoms with Crippen LogP contribution in [0, 0.1) is 0 Å². The van der Waals surface area contributed by atoms with Crippen molar-refractivity contribution in [2.45, 2.75) is 6.42 Å². The second-order valence-electron chi connectivity index (χ2n) is 4.15. The molecule has 0 N–H and O–H groups in total.